The van der Waals surface area contributed by atoms with Gasteiger partial charge in [-0.25, -0.2) is 4.79 Å². The van der Waals surface area contributed by atoms with Crippen molar-refractivity contribution in [2.24, 2.45) is 11.8 Å². The van der Waals surface area contributed by atoms with E-state index in [2.05, 4.69) is 38.3 Å². The molecule has 1 aromatic heterocycles. The van der Waals surface area contributed by atoms with E-state index in [1.165, 1.54) is 0 Å². The first kappa shape index (κ1) is 28.7. The van der Waals surface area contributed by atoms with Crippen molar-refractivity contribution in [2.45, 2.75) is 59.2 Å². The van der Waals surface area contributed by atoms with E-state index in [0.717, 1.165) is 16.0 Å². The summed E-state index contributed by atoms with van der Waals surface area (Å²) >= 11 is 1.59. The van der Waals surface area contributed by atoms with Gasteiger partial charge in [0, 0.05) is 15.6 Å². The van der Waals surface area contributed by atoms with Gasteiger partial charge in [0.1, 0.15) is 5.60 Å². The minimum atomic E-state index is -1.05. The Hall–Kier alpha value is -2.89. The molecule has 2 aromatic carbocycles. The molecule has 0 saturated heterocycles. The molecule has 198 valence electrons. The minimum Gasteiger partial charge on any atom is -0.444 e. The highest BCUT2D eigenvalue weighted by molar-refractivity contribution is 7.25. The molecule has 0 aliphatic heterocycles. The third kappa shape index (κ3) is 6.71. The fraction of sp³-hybridized carbons (Fsp3) is 0.379. The third-order valence-corrected chi connectivity index (χ3v) is 9.44. The Morgan fingerprint density at radius 2 is 1.54 bits per heavy atom. The number of benzene rings is 2. The highest BCUT2D eigenvalue weighted by atomic mass is 32.1. The monoisotopic (exact) mass is 540 g/mol. The molecule has 0 aliphatic carbocycles. The number of hydrogen-bond acceptors (Lipinski definition) is 5. The Bertz CT molecular complexity index is 1240. The molecule has 3 aromatic rings. The van der Waals surface area contributed by atoms with Crippen LogP contribution in [0.5, 0.6) is 0 Å². The summed E-state index contributed by atoms with van der Waals surface area (Å²) in [7, 11) is -1.05. The molecule has 1 atom stereocenters. The first-order chi connectivity index (χ1) is 17.4. The predicted octanol–water partition coefficient (Wildman–Crippen LogP) is 8.28. The predicted molar refractivity (Wildman–Crippen MR) is 156 cm³/mol. The van der Waals surface area contributed by atoms with E-state index in [1.54, 1.807) is 50.3 Å². The van der Waals surface area contributed by atoms with Gasteiger partial charge in [0.15, 0.2) is 0 Å². The molecule has 3 rings (SSSR count). The molecular formula is C29H37N2O4PS. The van der Waals surface area contributed by atoms with E-state index in [-0.39, 0.29) is 17.7 Å². The molecule has 1 unspecified atom stereocenters. The molecule has 2 amide bonds. The van der Waals surface area contributed by atoms with Crippen LogP contribution in [0.4, 0.5) is 16.2 Å². The highest BCUT2D eigenvalue weighted by Gasteiger charge is 2.38. The fourth-order valence-corrected chi connectivity index (χ4v) is 6.14. The van der Waals surface area contributed by atoms with Gasteiger partial charge in [-0.05, 0) is 79.4 Å². The van der Waals surface area contributed by atoms with Crippen molar-refractivity contribution in [3.05, 3.63) is 71.1 Å². The molecule has 8 heteroatoms. The molecular weight excluding hydrogens is 503 g/mol. The molecule has 0 bridgehead atoms. The van der Waals surface area contributed by atoms with Crippen molar-refractivity contribution in [1.29, 1.82) is 0 Å². The van der Waals surface area contributed by atoms with Gasteiger partial charge in [0.2, 0.25) is 0 Å². The first-order valence-electron chi connectivity index (χ1n) is 12.4. The Labute approximate surface area is 225 Å². The van der Waals surface area contributed by atoms with Crippen molar-refractivity contribution in [3.63, 3.8) is 0 Å². The van der Waals surface area contributed by atoms with Crippen LogP contribution in [-0.2, 0) is 14.5 Å². The second kappa shape index (κ2) is 11.7. The SMILES string of the molecule is CC(C)C([PH2]=O)(c1ccc(C(=O)Nc2cc(-c3cccs3)ccc2NC(=O)OC(C)(C)C)cc1)C(C)C. The second-order valence-electron chi connectivity index (χ2n) is 10.8. The summed E-state index contributed by atoms with van der Waals surface area (Å²) in [5.41, 5.74) is 2.62. The molecule has 6 nitrogen and oxygen atoms in total. The molecule has 0 aliphatic rings. The quantitative estimate of drug-likeness (QED) is 0.282. The maximum Gasteiger partial charge on any atom is 0.412 e. The summed E-state index contributed by atoms with van der Waals surface area (Å²) in [5, 5.41) is 7.27. The highest BCUT2D eigenvalue weighted by Crippen LogP contribution is 2.48. The van der Waals surface area contributed by atoms with Crippen LogP contribution in [0.25, 0.3) is 10.4 Å². The lowest BCUT2D eigenvalue weighted by molar-refractivity contribution is 0.0635. The summed E-state index contributed by atoms with van der Waals surface area (Å²) in [4.78, 5) is 26.8. The van der Waals surface area contributed by atoms with Gasteiger partial charge in [-0.15, -0.1) is 11.3 Å². The summed E-state index contributed by atoms with van der Waals surface area (Å²) in [5.74, 6) is 0.0820. The topological polar surface area (TPSA) is 84.5 Å². The average molecular weight is 541 g/mol. The van der Waals surface area contributed by atoms with Gasteiger partial charge < -0.3 is 14.6 Å². The van der Waals surface area contributed by atoms with E-state index in [0.29, 0.717) is 16.9 Å². The number of ether oxygens (including phenoxy) is 1. The molecule has 2 N–H and O–H groups in total. The van der Waals surface area contributed by atoms with Crippen LogP contribution in [0, 0.1) is 11.8 Å². The van der Waals surface area contributed by atoms with Gasteiger partial charge in [0.05, 0.1) is 19.8 Å². The Morgan fingerprint density at radius 3 is 2.05 bits per heavy atom. The lowest BCUT2D eigenvalue weighted by Gasteiger charge is -2.37. The summed E-state index contributed by atoms with van der Waals surface area (Å²) < 4.78 is 17.8. The number of carbonyl (C=O) groups excluding carboxylic acids is 2. The normalized spacial score (nSPS) is 12.4. The summed E-state index contributed by atoms with van der Waals surface area (Å²) in [6.07, 6.45) is -0.602. The molecule has 37 heavy (non-hydrogen) atoms. The van der Waals surface area contributed by atoms with Crippen molar-refractivity contribution in [2.75, 3.05) is 10.6 Å². The van der Waals surface area contributed by atoms with E-state index < -0.39 is 25.3 Å². The van der Waals surface area contributed by atoms with Crippen molar-refractivity contribution >= 4 is 43.2 Å². The van der Waals surface area contributed by atoms with Gasteiger partial charge in [-0.1, -0.05) is 52.0 Å². The lowest BCUT2D eigenvalue weighted by atomic mass is 9.78. The van der Waals surface area contributed by atoms with Gasteiger partial charge in [-0.2, -0.15) is 0 Å². The standard InChI is InChI=1S/C29H37N2O4PS/c1-18(2)29(36-34,19(3)4)22-13-10-20(11-14-22)26(32)30-24-17-21(25-9-8-16-37-25)12-15-23(24)31-27(33)35-28(5,6)7/h8-19H,36H2,1-7H3,(H,30,32)(H,31,33). The number of thiophene rings is 1. The van der Waals surface area contributed by atoms with Crippen LogP contribution in [0.2, 0.25) is 0 Å². The van der Waals surface area contributed by atoms with E-state index in [4.69, 9.17) is 4.74 Å². The maximum absolute atomic E-state index is 13.3. The van der Waals surface area contributed by atoms with E-state index in [1.807, 2.05) is 41.8 Å². The maximum atomic E-state index is 13.3. The van der Waals surface area contributed by atoms with E-state index in [9.17, 15) is 14.2 Å². The van der Waals surface area contributed by atoms with E-state index >= 15 is 0 Å². The second-order valence-corrected chi connectivity index (χ2v) is 12.9. The fourth-order valence-electron chi connectivity index (χ4n) is 4.54. The van der Waals surface area contributed by atoms with Crippen molar-refractivity contribution in [3.8, 4) is 10.4 Å². The van der Waals surface area contributed by atoms with Gasteiger partial charge in [0.25, 0.3) is 5.91 Å². The van der Waals surface area contributed by atoms with Crippen molar-refractivity contribution in [1.82, 2.24) is 0 Å². The van der Waals surface area contributed by atoms with Crippen molar-refractivity contribution < 1.29 is 18.9 Å². The Morgan fingerprint density at radius 1 is 0.892 bits per heavy atom. The molecule has 0 spiro atoms. The van der Waals surface area contributed by atoms with Crippen LogP contribution in [0.3, 0.4) is 0 Å². The lowest BCUT2D eigenvalue weighted by Crippen LogP contribution is -2.32. The molecule has 0 fully saturated rings. The number of anilines is 2. The van der Waals surface area contributed by atoms with Gasteiger partial charge in [-0.3, -0.25) is 10.1 Å². The largest absolute Gasteiger partial charge is 0.444 e. The minimum absolute atomic E-state index is 0.196. The molecule has 0 radical (unpaired) electrons. The number of rotatable bonds is 8. The van der Waals surface area contributed by atoms with Crippen LogP contribution < -0.4 is 10.6 Å². The Balaban J connectivity index is 1.91. The number of carbonyl (C=O) groups is 2. The zero-order chi connectivity index (χ0) is 27.4. The van der Waals surface area contributed by atoms with Crippen LogP contribution in [-0.4, -0.2) is 17.6 Å². The number of nitrogens with one attached hydrogen (secondary N) is 2. The average Bonchev–Trinajstić information content (AvgIpc) is 3.35. The number of amides is 2. The third-order valence-electron chi connectivity index (χ3n) is 6.46. The Kier molecular flexibility index (Phi) is 9.04. The van der Waals surface area contributed by atoms with Crippen LogP contribution in [0.1, 0.15) is 64.4 Å². The smallest absolute Gasteiger partial charge is 0.412 e. The molecule has 0 saturated carbocycles. The van der Waals surface area contributed by atoms with Crippen LogP contribution >= 0.6 is 19.8 Å². The first-order valence-corrected chi connectivity index (χ1v) is 14.4. The van der Waals surface area contributed by atoms with Crippen LogP contribution in [0.15, 0.2) is 60.0 Å². The number of hydrogen-bond donors (Lipinski definition) is 2. The zero-order valence-corrected chi connectivity index (χ0v) is 24.5. The van der Waals surface area contributed by atoms with Gasteiger partial charge >= 0.3 is 6.09 Å². The summed E-state index contributed by atoms with van der Waals surface area (Å²) in [6.45, 7) is 13.7. The summed E-state index contributed by atoms with van der Waals surface area (Å²) in [6, 6.07) is 16.8. The zero-order valence-electron chi connectivity index (χ0n) is 22.5. The molecule has 1 heterocycles.